The number of hydrogen-bond donors (Lipinski definition) is 1. The molecule has 0 saturated carbocycles. The second-order valence-electron chi connectivity index (χ2n) is 8.36. The highest BCUT2D eigenvalue weighted by molar-refractivity contribution is 6.04. The monoisotopic (exact) mass is 422 g/mol. The number of rotatable bonds is 6. The summed E-state index contributed by atoms with van der Waals surface area (Å²) in [6.07, 6.45) is 6.08. The largest absolute Gasteiger partial charge is 0.497 e. The van der Waals surface area contributed by atoms with Crippen LogP contribution in [-0.2, 0) is 4.74 Å². The van der Waals surface area contributed by atoms with Gasteiger partial charge in [-0.3, -0.25) is 9.69 Å². The summed E-state index contributed by atoms with van der Waals surface area (Å²) in [7, 11) is 1.58. The molecule has 1 N–H and O–H groups in total. The number of carbonyl (C=O) groups is 2. The smallest absolute Gasteiger partial charge is 0.338 e. The number of nitrogens with one attached hydrogen (secondary N) is 1. The predicted molar refractivity (Wildman–Crippen MR) is 120 cm³/mol. The minimum Gasteiger partial charge on any atom is -0.497 e. The molecule has 2 saturated heterocycles. The molecule has 6 heteroatoms. The van der Waals surface area contributed by atoms with Gasteiger partial charge >= 0.3 is 5.97 Å². The molecule has 0 aliphatic carbocycles. The van der Waals surface area contributed by atoms with E-state index in [0.29, 0.717) is 41.1 Å². The Labute approximate surface area is 183 Å². The van der Waals surface area contributed by atoms with Gasteiger partial charge in [0.2, 0.25) is 0 Å². The highest BCUT2D eigenvalue weighted by Crippen LogP contribution is 2.31. The third kappa shape index (κ3) is 5.25. The van der Waals surface area contributed by atoms with Crippen molar-refractivity contribution in [3.05, 3.63) is 59.7 Å². The maximum atomic E-state index is 12.5. The summed E-state index contributed by atoms with van der Waals surface area (Å²) in [6.45, 7) is 2.84. The van der Waals surface area contributed by atoms with Crippen LogP contribution in [0.4, 0.5) is 5.69 Å². The SMILES string of the molecule is COc1ccc(C(=O)Nc2ccc(C(=O)OC[C@@H]3CCCN4CCCC[C@H]34)cc2)cc1. The van der Waals surface area contributed by atoms with Crippen LogP contribution in [0.15, 0.2) is 48.5 Å². The predicted octanol–water partition coefficient (Wildman–Crippen LogP) is 4.37. The van der Waals surface area contributed by atoms with E-state index in [1.54, 1.807) is 55.6 Å². The lowest BCUT2D eigenvalue weighted by atomic mass is 9.84. The molecular weight excluding hydrogens is 392 g/mol. The first-order chi connectivity index (χ1) is 15.1. The number of nitrogens with zero attached hydrogens (tertiary/aromatic N) is 1. The molecule has 2 aromatic rings. The summed E-state index contributed by atoms with van der Waals surface area (Å²) in [5, 5.41) is 2.84. The Hall–Kier alpha value is -2.86. The van der Waals surface area contributed by atoms with Gasteiger partial charge in [0.05, 0.1) is 19.3 Å². The zero-order valence-electron chi connectivity index (χ0n) is 18.0. The van der Waals surface area contributed by atoms with Crippen molar-refractivity contribution in [2.75, 3.05) is 32.1 Å². The number of ether oxygens (including phenoxy) is 2. The lowest BCUT2D eigenvalue weighted by Gasteiger charge is -2.44. The Morgan fingerprint density at radius 2 is 1.65 bits per heavy atom. The Morgan fingerprint density at radius 3 is 2.39 bits per heavy atom. The van der Waals surface area contributed by atoms with Gasteiger partial charge in [-0.15, -0.1) is 0 Å². The van der Waals surface area contributed by atoms with Crippen molar-refractivity contribution in [1.82, 2.24) is 4.90 Å². The molecule has 2 fully saturated rings. The number of anilines is 1. The van der Waals surface area contributed by atoms with Crippen molar-refractivity contribution in [2.24, 2.45) is 5.92 Å². The maximum Gasteiger partial charge on any atom is 0.338 e. The molecule has 0 bridgehead atoms. The van der Waals surface area contributed by atoms with Crippen LogP contribution < -0.4 is 10.1 Å². The number of esters is 1. The molecular formula is C25H30N2O4. The van der Waals surface area contributed by atoms with E-state index in [0.717, 1.165) is 6.42 Å². The van der Waals surface area contributed by atoms with Crippen molar-refractivity contribution in [3.63, 3.8) is 0 Å². The van der Waals surface area contributed by atoms with Crippen molar-refractivity contribution >= 4 is 17.6 Å². The topological polar surface area (TPSA) is 67.9 Å². The summed E-state index contributed by atoms with van der Waals surface area (Å²) in [5.41, 5.74) is 1.66. The molecule has 0 spiro atoms. The molecule has 0 aromatic heterocycles. The molecule has 31 heavy (non-hydrogen) atoms. The molecule has 4 rings (SSSR count). The molecule has 0 unspecified atom stereocenters. The molecule has 1 amide bonds. The molecule has 6 nitrogen and oxygen atoms in total. The standard InChI is InChI=1S/C25H30N2O4/c1-30-22-13-9-18(10-14-22)24(28)26-21-11-7-19(8-12-21)25(29)31-17-20-5-4-16-27-15-3-2-6-23(20)27/h7-14,20,23H,2-6,15-17H2,1H3,(H,26,28)/t20-,23+/m0/s1. The molecule has 0 radical (unpaired) electrons. The molecule has 2 aromatic carbocycles. The fourth-order valence-electron chi connectivity index (χ4n) is 4.67. The van der Waals surface area contributed by atoms with E-state index in [4.69, 9.17) is 9.47 Å². The van der Waals surface area contributed by atoms with Gasteiger partial charge in [-0.05, 0) is 87.3 Å². The van der Waals surface area contributed by atoms with Gasteiger partial charge in [-0.2, -0.15) is 0 Å². The van der Waals surface area contributed by atoms with Crippen LogP contribution in [0.2, 0.25) is 0 Å². The zero-order valence-corrected chi connectivity index (χ0v) is 18.0. The van der Waals surface area contributed by atoms with Crippen LogP contribution in [0.5, 0.6) is 5.75 Å². The molecule has 2 aliphatic rings. The summed E-state index contributed by atoms with van der Waals surface area (Å²) >= 11 is 0. The van der Waals surface area contributed by atoms with E-state index in [2.05, 4.69) is 10.2 Å². The van der Waals surface area contributed by atoms with Crippen LogP contribution >= 0.6 is 0 Å². The van der Waals surface area contributed by atoms with Gasteiger partial charge in [-0.25, -0.2) is 4.79 Å². The first-order valence-corrected chi connectivity index (χ1v) is 11.1. The van der Waals surface area contributed by atoms with Gasteiger partial charge < -0.3 is 14.8 Å². The molecule has 164 valence electrons. The number of fused-ring (bicyclic) bond motifs is 1. The molecule has 2 atom stereocenters. The molecule has 2 heterocycles. The van der Waals surface area contributed by atoms with Crippen molar-refractivity contribution in [3.8, 4) is 5.75 Å². The lowest BCUT2D eigenvalue weighted by Crippen LogP contribution is -2.49. The number of benzene rings is 2. The third-order valence-corrected chi connectivity index (χ3v) is 6.39. The fourth-order valence-corrected chi connectivity index (χ4v) is 4.67. The van der Waals surface area contributed by atoms with Crippen LogP contribution in [0.1, 0.15) is 52.8 Å². The van der Waals surface area contributed by atoms with Gasteiger partial charge in [0.25, 0.3) is 5.91 Å². The van der Waals surface area contributed by atoms with Gasteiger partial charge in [0, 0.05) is 23.2 Å². The van der Waals surface area contributed by atoms with Gasteiger partial charge in [0.15, 0.2) is 0 Å². The third-order valence-electron chi connectivity index (χ3n) is 6.39. The van der Waals surface area contributed by atoms with E-state index >= 15 is 0 Å². The number of hydrogen-bond acceptors (Lipinski definition) is 5. The van der Waals surface area contributed by atoms with Crippen molar-refractivity contribution in [1.29, 1.82) is 0 Å². The minimum absolute atomic E-state index is 0.215. The quantitative estimate of drug-likeness (QED) is 0.700. The normalized spacial score (nSPS) is 21.1. The van der Waals surface area contributed by atoms with E-state index in [1.165, 1.54) is 38.8 Å². The van der Waals surface area contributed by atoms with Crippen LogP contribution in [0.25, 0.3) is 0 Å². The van der Waals surface area contributed by atoms with Crippen molar-refractivity contribution in [2.45, 2.75) is 38.1 Å². The minimum atomic E-state index is -0.305. The highest BCUT2D eigenvalue weighted by Gasteiger charge is 2.33. The lowest BCUT2D eigenvalue weighted by molar-refractivity contribution is 0.00739. The van der Waals surface area contributed by atoms with E-state index < -0.39 is 0 Å². The van der Waals surface area contributed by atoms with Gasteiger partial charge in [-0.1, -0.05) is 6.42 Å². The van der Waals surface area contributed by atoms with E-state index in [-0.39, 0.29) is 11.9 Å². The second-order valence-corrected chi connectivity index (χ2v) is 8.36. The van der Waals surface area contributed by atoms with E-state index in [1.807, 2.05) is 0 Å². The Morgan fingerprint density at radius 1 is 0.935 bits per heavy atom. The summed E-state index contributed by atoms with van der Waals surface area (Å²) < 4.78 is 10.8. The number of methoxy groups -OCH3 is 1. The van der Waals surface area contributed by atoms with Crippen molar-refractivity contribution < 1.29 is 19.1 Å². The second kappa shape index (κ2) is 9.96. The Kier molecular flexibility index (Phi) is 6.87. The Bertz CT molecular complexity index is 893. The number of amides is 1. The number of piperidine rings is 2. The summed E-state index contributed by atoms with van der Waals surface area (Å²) in [5.74, 6) is 0.609. The Balaban J connectivity index is 1.30. The zero-order chi connectivity index (χ0) is 21.6. The summed E-state index contributed by atoms with van der Waals surface area (Å²) in [6, 6.07) is 14.3. The van der Waals surface area contributed by atoms with Crippen LogP contribution in [0.3, 0.4) is 0 Å². The van der Waals surface area contributed by atoms with Crippen LogP contribution in [0, 0.1) is 5.92 Å². The van der Waals surface area contributed by atoms with E-state index in [9.17, 15) is 9.59 Å². The van der Waals surface area contributed by atoms with Crippen LogP contribution in [-0.4, -0.2) is 49.6 Å². The number of carbonyl (C=O) groups excluding carboxylic acids is 2. The average molecular weight is 423 g/mol. The van der Waals surface area contributed by atoms with Gasteiger partial charge in [0.1, 0.15) is 5.75 Å². The highest BCUT2D eigenvalue weighted by atomic mass is 16.5. The molecule has 2 aliphatic heterocycles. The first kappa shape index (κ1) is 21.4. The fraction of sp³-hybridized carbons (Fsp3) is 0.440. The summed E-state index contributed by atoms with van der Waals surface area (Å²) in [4.78, 5) is 27.5. The maximum absolute atomic E-state index is 12.5. The first-order valence-electron chi connectivity index (χ1n) is 11.1. The average Bonchev–Trinajstić information content (AvgIpc) is 2.83.